The van der Waals surface area contributed by atoms with Gasteiger partial charge in [0.05, 0.1) is 17.9 Å². The molecule has 0 spiro atoms. The highest BCUT2D eigenvalue weighted by atomic mass is 35.5. The van der Waals surface area contributed by atoms with E-state index in [1.54, 1.807) is 25.0 Å². The topological polar surface area (TPSA) is 81.7 Å². The Morgan fingerprint density at radius 2 is 1.58 bits per heavy atom. The number of rotatable bonds is 9. The number of benzene rings is 1. The zero-order valence-electron chi connectivity index (χ0n) is 37.6. The van der Waals surface area contributed by atoms with Crippen molar-refractivity contribution in [1.29, 1.82) is 0 Å². The van der Waals surface area contributed by atoms with Gasteiger partial charge in [-0.1, -0.05) is 89.4 Å². The molecule has 6 rings (SSSR count). The molecule has 316 valence electrons. The molecule has 0 bridgehead atoms. The Hall–Kier alpha value is -2.60. The average molecular weight is 805 g/mol. The Labute approximate surface area is 350 Å². The second kappa shape index (κ2) is 15.1. The molecule has 1 N–H and O–H groups in total. The van der Waals surface area contributed by atoms with Crippen molar-refractivity contribution in [1.82, 2.24) is 5.32 Å². The number of hydrogen-bond donors (Lipinski definition) is 1. The normalized spacial score (nSPS) is 35.5. The highest BCUT2D eigenvalue weighted by Crippen LogP contribution is 2.77. The largest absolute Gasteiger partial charge is 0.462 e. The number of allylic oxidation sites excluding steroid dienone is 3. The van der Waals surface area contributed by atoms with Crippen molar-refractivity contribution in [2.75, 3.05) is 0 Å². The fourth-order valence-electron chi connectivity index (χ4n) is 13.6. The average Bonchev–Trinajstić information content (AvgIpc) is 3.48. The standard InChI is InChI=1S/C50H74ClNO5/c1-31(2)35-19-25-50(26-22-40(53)52-32(3)33-15-14-16-34(51)29-33)28-27-48(12)36(42(35)50)17-18-38-47(11)23-21-39(46(9,10)37(47)20-24-49(38,48)13)56-41(54)30-45(7,8)43(55)57-44(4,5)6/h14-16,22,26,29,31-32,36-39H,17-21,23-25,27-28,30H2,1-13H3,(H,52,53)/b26-22+/t32-,36+,37?,38+,39-,47-,48+,49+,50-/m0/s1. The molecule has 1 aromatic carbocycles. The first-order chi connectivity index (χ1) is 26.3. The van der Waals surface area contributed by atoms with Gasteiger partial charge in [0.15, 0.2) is 0 Å². The fourth-order valence-corrected chi connectivity index (χ4v) is 13.8. The Morgan fingerprint density at radius 3 is 2.23 bits per heavy atom. The first-order valence-corrected chi connectivity index (χ1v) is 22.6. The van der Waals surface area contributed by atoms with Gasteiger partial charge in [-0.05, 0) is 169 Å². The summed E-state index contributed by atoms with van der Waals surface area (Å²) in [7, 11) is 0. The lowest BCUT2D eigenvalue weighted by atomic mass is 9.33. The van der Waals surface area contributed by atoms with Crippen LogP contribution in [0.3, 0.4) is 0 Å². The van der Waals surface area contributed by atoms with Crippen LogP contribution < -0.4 is 5.32 Å². The first-order valence-electron chi connectivity index (χ1n) is 22.2. The smallest absolute Gasteiger partial charge is 0.312 e. The van der Waals surface area contributed by atoms with Gasteiger partial charge in [0.25, 0.3) is 0 Å². The summed E-state index contributed by atoms with van der Waals surface area (Å²) in [5, 5.41) is 3.88. The van der Waals surface area contributed by atoms with E-state index in [4.69, 9.17) is 21.1 Å². The summed E-state index contributed by atoms with van der Waals surface area (Å²) in [5.41, 5.74) is 2.97. The molecule has 4 fully saturated rings. The van der Waals surface area contributed by atoms with Crippen LogP contribution in [-0.4, -0.2) is 29.6 Å². The number of esters is 2. The van der Waals surface area contributed by atoms with Crippen molar-refractivity contribution < 1.29 is 23.9 Å². The predicted molar refractivity (Wildman–Crippen MR) is 230 cm³/mol. The third-order valence-corrected chi connectivity index (χ3v) is 17.0. The molecule has 4 saturated carbocycles. The van der Waals surface area contributed by atoms with Crippen LogP contribution in [-0.2, 0) is 23.9 Å². The van der Waals surface area contributed by atoms with Gasteiger partial charge in [-0.25, -0.2) is 0 Å². The van der Waals surface area contributed by atoms with Crippen molar-refractivity contribution in [2.24, 2.45) is 56.2 Å². The second-order valence-electron chi connectivity index (χ2n) is 22.4. The summed E-state index contributed by atoms with van der Waals surface area (Å²) in [6.07, 6.45) is 15.1. The van der Waals surface area contributed by atoms with Gasteiger partial charge in [0.2, 0.25) is 5.91 Å². The lowest BCUT2D eigenvalue weighted by molar-refractivity contribution is -0.232. The van der Waals surface area contributed by atoms with Gasteiger partial charge in [0, 0.05) is 15.9 Å². The van der Waals surface area contributed by atoms with E-state index in [2.05, 4.69) is 59.9 Å². The van der Waals surface area contributed by atoms with Crippen LogP contribution in [0.1, 0.15) is 172 Å². The SMILES string of the molecule is CC(C)C1=C2[C@H]3CC[C@@H]4[C@@]5(C)CC[C@H](OC(=O)CC(C)(C)C(=O)OC(C)(C)C)C(C)(C)C5CC[C@@]4(C)[C@]3(C)CC[C@@]2(/C=C/C(=O)N[C@@H](C)c2cccc(Cl)c2)CC1. The number of amides is 1. The molecule has 57 heavy (non-hydrogen) atoms. The summed E-state index contributed by atoms with van der Waals surface area (Å²) >= 11 is 6.26. The van der Waals surface area contributed by atoms with E-state index >= 15 is 0 Å². The summed E-state index contributed by atoms with van der Waals surface area (Å²) in [5.74, 6) is 1.29. The quantitative estimate of drug-likeness (QED) is 0.153. The zero-order chi connectivity index (χ0) is 42.1. The molecule has 7 heteroatoms. The third-order valence-electron chi connectivity index (χ3n) is 16.7. The monoisotopic (exact) mass is 804 g/mol. The summed E-state index contributed by atoms with van der Waals surface area (Å²) < 4.78 is 12.0. The lowest BCUT2D eigenvalue weighted by Gasteiger charge is -2.72. The predicted octanol–water partition coefficient (Wildman–Crippen LogP) is 12.5. The van der Waals surface area contributed by atoms with Gasteiger partial charge < -0.3 is 14.8 Å². The fraction of sp³-hybridized carbons (Fsp3) is 0.740. The molecule has 6 nitrogen and oxygen atoms in total. The molecule has 0 aromatic heterocycles. The molecule has 5 aliphatic rings. The van der Waals surface area contributed by atoms with Gasteiger partial charge in [0.1, 0.15) is 11.7 Å². The van der Waals surface area contributed by atoms with E-state index in [0.717, 1.165) is 44.1 Å². The summed E-state index contributed by atoms with van der Waals surface area (Å²) in [6.45, 7) is 28.5. The number of ether oxygens (including phenoxy) is 2. The molecule has 1 aromatic rings. The minimum Gasteiger partial charge on any atom is -0.462 e. The third kappa shape index (κ3) is 7.81. The zero-order valence-corrected chi connectivity index (χ0v) is 38.4. The summed E-state index contributed by atoms with van der Waals surface area (Å²) in [6, 6.07) is 7.60. The van der Waals surface area contributed by atoms with Crippen LogP contribution in [0.4, 0.5) is 0 Å². The summed E-state index contributed by atoms with van der Waals surface area (Å²) in [4.78, 5) is 40.0. The Bertz CT molecular complexity index is 1800. The number of carbonyl (C=O) groups excluding carboxylic acids is 3. The lowest BCUT2D eigenvalue weighted by Crippen LogP contribution is -2.65. The molecule has 0 saturated heterocycles. The number of carbonyl (C=O) groups is 3. The second-order valence-corrected chi connectivity index (χ2v) is 22.8. The maximum absolute atomic E-state index is 13.5. The molecular weight excluding hydrogens is 730 g/mol. The Kier molecular flexibility index (Phi) is 11.7. The van der Waals surface area contributed by atoms with E-state index in [0.29, 0.717) is 28.7 Å². The Balaban J connectivity index is 1.21. The van der Waals surface area contributed by atoms with E-state index < -0.39 is 11.0 Å². The van der Waals surface area contributed by atoms with E-state index in [1.807, 2.05) is 58.0 Å². The van der Waals surface area contributed by atoms with Gasteiger partial charge in [-0.3, -0.25) is 14.4 Å². The van der Waals surface area contributed by atoms with Crippen LogP contribution >= 0.6 is 11.6 Å². The van der Waals surface area contributed by atoms with Crippen LogP contribution in [0.25, 0.3) is 0 Å². The molecule has 1 unspecified atom stereocenters. The number of hydrogen-bond acceptors (Lipinski definition) is 5. The first kappa shape index (κ1) is 44.0. The molecular formula is C50H74ClNO5. The molecule has 1 amide bonds. The van der Waals surface area contributed by atoms with Crippen molar-refractivity contribution in [3.05, 3.63) is 58.1 Å². The number of halogens is 1. The number of nitrogens with one attached hydrogen (secondary N) is 1. The van der Waals surface area contributed by atoms with E-state index in [9.17, 15) is 14.4 Å². The van der Waals surface area contributed by atoms with Crippen molar-refractivity contribution >= 4 is 29.4 Å². The van der Waals surface area contributed by atoms with E-state index in [-0.39, 0.29) is 63.5 Å². The van der Waals surface area contributed by atoms with E-state index in [1.165, 1.54) is 25.7 Å². The number of fused-ring (bicyclic) bond motifs is 7. The van der Waals surface area contributed by atoms with Crippen LogP contribution in [0.2, 0.25) is 5.02 Å². The molecule has 0 heterocycles. The van der Waals surface area contributed by atoms with Crippen molar-refractivity contribution in [2.45, 2.75) is 178 Å². The highest BCUT2D eigenvalue weighted by molar-refractivity contribution is 6.30. The maximum atomic E-state index is 13.5. The molecule has 0 aliphatic heterocycles. The van der Waals surface area contributed by atoms with Crippen molar-refractivity contribution in [3.8, 4) is 0 Å². The van der Waals surface area contributed by atoms with Crippen molar-refractivity contribution in [3.63, 3.8) is 0 Å². The van der Waals surface area contributed by atoms with Gasteiger partial charge in [-0.15, -0.1) is 0 Å². The highest BCUT2D eigenvalue weighted by Gasteiger charge is 2.69. The van der Waals surface area contributed by atoms with Gasteiger partial charge >= 0.3 is 11.9 Å². The van der Waals surface area contributed by atoms with Gasteiger partial charge in [-0.2, -0.15) is 0 Å². The molecule has 5 aliphatic carbocycles. The Morgan fingerprint density at radius 1 is 0.877 bits per heavy atom. The maximum Gasteiger partial charge on any atom is 0.312 e. The van der Waals surface area contributed by atoms with Crippen LogP contribution in [0, 0.1) is 56.2 Å². The molecule has 0 radical (unpaired) electrons. The van der Waals surface area contributed by atoms with Crippen LogP contribution in [0.5, 0.6) is 0 Å². The van der Waals surface area contributed by atoms with Crippen LogP contribution in [0.15, 0.2) is 47.6 Å². The minimum absolute atomic E-state index is 0.00850. The minimum atomic E-state index is -0.960. The molecule has 9 atom stereocenters.